The molecule has 3 nitrogen and oxygen atoms in total. The average Bonchev–Trinajstić information content (AvgIpc) is 2.26. The van der Waals surface area contributed by atoms with Crippen molar-refractivity contribution in [3.05, 3.63) is 35.9 Å². The van der Waals surface area contributed by atoms with Gasteiger partial charge in [0.15, 0.2) is 5.12 Å². The van der Waals surface area contributed by atoms with Gasteiger partial charge in [0.05, 0.1) is 6.10 Å². The van der Waals surface area contributed by atoms with Gasteiger partial charge < -0.3 is 10.2 Å². The predicted octanol–water partition coefficient (Wildman–Crippen LogP) is 1.36. The highest BCUT2D eigenvalue weighted by Crippen LogP contribution is 2.19. The molecule has 2 unspecified atom stereocenters. The van der Waals surface area contributed by atoms with E-state index in [4.69, 9.17) is 0 Å². The number of thioether (sulfide) groups is 1. The molecule has 0 aliphatic heterocycles. The summed E-state index contributed by atoms with van der Waals surface area (Å²) in [4.78, 5) is 10.7. The zero-order valence-electron chi connectivity index (χ0n) is 8.46. The number of aliphatic hydroxyl groups excluding tert-OH is 2. The summed E-state index contributed by atoms with van der Waals surface area (Å²) in [6.45, 7) is 1.44. The Morgan fingerprint density at radius 3 is 2.47 bits per heavy atom. The molecule has 1 aromatic rings. The molecule has 0 aliphatic rings. The second-order valence-electron chi connectivity index (χ2n) is 3.23. The summed E-state index contributed by atoms with van der Waals surface area (Å²) in [5.74, 6) is 0.214. The zero-order valence-corrected chi connectivity index (χ0v) is 9.28. The van der Waals surface area contributed by atoms with Crippen molar-refractivity contribution in [1.82, 2.24) is 0 Å². The third kappa shape index (κ3) is 4.03. The molecule has 0 fully saturated rings. The molecule has 4 heteroatoms. The summed E-state index contributed by atoms with van der Waals surface area (Å²) >= 11 is 1.01. The fourth-order valence-corrected chi connectivity index (χ4v) is 1.75. The summed E-state index contributed by atoms with van der Waals surface area (Å²) in [6.07, 6.45) is -1.85. The lowest BCUT2D eigenvalue weighted by Crippen LogP contribution is -2.21. The van der Waals surface area contributed by atoms with Crippen molar-refractivity contribution in [2.24, 2.45) is 0 Å². The van der Waals surface area contributed by atoms with Gasteiger partial charge in [-0.3, -0.25) is 4.79 Å². The first-order valence-corrected chi connectivity index (χ1v) is 5.64. The molecular formula is C11H14O3S. The largest absolute Gasteiger partial charge is 0.389 e. The average molecular weight is 226 g/mol. The zero-order chi connectivity index (χ0) is 11.3. The van der Waals surface area contributed by atoms with Crippen LogP contribution in [0.15, 0.2) is 30.3 Å². The molecule has 2 N–H and O–H groups in total. The van der Waals surface area contributed by atoms with E-state index in [1.54, 1.807) is 24.3 Å². The number of rotatable bonds is 4. The number of hydrogen-bond donors (Lipinski definition) is 2. The van der Waals surface area contributed by atoms with Gasteiger partial charge in [-0.15, -0.1) is 0 Å². The minimum absolute atomic E-state index is 0.0608. The normalized spacial score (nSPS) is 14.6. The quantitative estimate of drug-likeness (QED) is 0.814. The van der Waals surface area contributed by atoms with Gasteiger partial charge in [0.1, 0.15) is 6.10 Å². The summed E-state index contributed by atoms with van der Waals surface area (Å²) in [5, 5.41) is 19.3. The number of aliphatic hydroxyl groups is 2. The van der Waals surface area contributed by atoms with Gasteiger partial charge in [-0.05, 0) is 5.56 Å². The monoisotopic (exact) mass is 226 g/mol. The van der Waals surface area contributed by atoms with Crippen LogP contribution in [0, 0.1) is 0 Å². The minimum Gasteiger partial charge on any atom is -0.389 e. The third-order valence-corrected chi connectivity index (χ3v) is 2.88. The summed E-state index contributed by atoms with van der Waals surface area (Å²) in [6, 6.07) is 8.92. The second-order valence-corrected chi connectivity index (χ2v) is 4.42. The Labute approximate surface area is 93.1 Å². The van der Waals surface area contributed by atoms with E-state index in [1.165, 1.54) is 6.92 Å². The van der Waals surface area contributed by atoms with Crippen LogP contribution in [0.25, 0.3) is 0 Å². The molecule has 1 rings (SSSR count). The maximum absolute atomic E-state index is 10.7. The maximum Gasteiger partial charge on any atom is 0.185 e. The van der Waals surface area contributed by atoms with Crippen LogP contribution in [-0.2, 0) is 4.79 Å². The molecule has 0 aromatic heterocycles. The number of benzene rings is 1. The Balaban J connectivity index is 2.53. The molecular weight excluding hydrogens is 212 g/mol. The van der Waals surface area contributed by atoms with Gasteiger partial charge in [0.2, 0.25) is 0 Å². The van der Waals surface area contributed by atoms with E-state index in [-0.39, 0.29) is 10.9 Å². The first-order chi connectivity index (χ1) is 7.11. The van der Waals surface area contributed by atoms with Crippen LogP contribution in [0.1, 0.15) is 18.6 Å². The molecule has 82 valence electrons. The summed E-state index contributed by atoms with van der Waals surface area (Å²) in [5.41, 5.74) is 0.661. The molecule has 0 aliphatic carbocycles. The molecule has 0 saturated carbocycles. The second kappa shape index (κ2) is 5.90. The van der Waals surface area contributed by atoms with Crippen molar-refractivity contribution in [3.8, 4) is 0 Å². The molecule has 2 atom stereocenters. The highest BCUT2D eigenvalue weighted by Gasteiger charge is 2.18. The van der Waals surface area contributed by atoms with Gasteiger partial charge in [-0.2, -0.15) is 0 Å². The number of hydrogen-bond acceptors (Lipinski definition) is 4. The lowest BCUT2D eigenvalue weighted by molar-refractivity contribution is -0.109. The van der Waals surface area contributed by atoms with Gasteiger partial charge in [-0.25, -0.2) is 0 Å². The Morgan fingerprint density at radius 2 is 1.93 bits per heavy atom. The van der Waals surface area contributed by atoms with E-state index in [9.17, 15) is 15.0 Å². The van der Waals surface area contributed by atoms with Crippen molar-refractivity contribution < 1.29 is 15.0 Å². The van der Waals surface area contributed by atoms with Gasteiger partial charge in [0.25, 0.3) is 0 Å². The highest BCUT2D eigenvalue weighted by atomic mass is 32.2. The van der Waals surface area contributed by atoms with E-state index < -0.39 is 12.2 Å². The first kappa shape index (κ1) is 12.2. The van der Waals surface area contributed by atoms with E-state index in [0.717, 1.165) is 11.8 Å². The molecule has 0 radical (unpaired) electrons. The lowest BCUT2D eigenvalue weighted by atomic mass is 10.1. The van der Waals surface area contributed by atoms with Crippen molar-refractivity contribution in [2.45, 2.75) is 19.1 Å². The fraction of sp³-hybridized carbons (Fsp3) is 0.364. The number of carbonyl (C=O) groups is 1. The molecule has 0 spiro atoms. The molecule has 1 aromatic carbocycles. The van der Waals surface area contributed by atoms with Crippen molar-refractivity contribution >= 4 is 16.9 Å². The van der Waals surface area contributed by atoms with E-state index in [1.807, 2.05) is 6.07 Å². The van der Waals surface area contributed by atoms with Crippen LogP contribution >= 0.6 is 11.8 Å². The van der Waals surface area contributed by atoms with Crippen molar-refractivity contribution in [2.75, 3.05) is 5.75 Å². The molecule has 0 heterocycles. The van der Waals surface area contributed by atoms with Crippen LogP contribution in [0.3, 0.4) is 0 Å². The van der Waals surface area contributed by atoms with Gasteiger partial charge >= 0.3 is 0 Å². The summed E-state index contributed by atoms with van der Waals surface area (Å²) < 4.78 is 0. The van der Waals surface area contributed by atoms with Crippen LogP contribution in [0.4, 0.5) is 0 Å². The maximum atomic E-state index is 10.7. The molecule has 0 bridgehead atoms. The van der Waals surface area contributed by atoms with E-state index in [2.05, 4.69) is 0 Å². The summed E-state index contributed by atoms with van der Waals surface area (Å²) in [7, 11) is 0. The third-order valence-electron chi connectivity index (χ3n) is 1.96. The Hall–Kier alpha value is -0.840. The topological polar surface area (TPSA) is 57.5 Å². The van der Waals surface area contributed by atoms with Crippen LogP contribution in [-0.4, -0.2) is 27.2 Å². The van der Waals surface area contributed by atoms with Crippen molar-refractivity contribution in [1.29, 1.82) is 0 Å². The SMILES string of the molecule is CC(=O)SCC(O)C(O)c1ccccc1. The van der Waals surface area contributed by atoms with Crippen LogP contribution in [0.5, 0.6) is 0 Å². The predicted molar refractivity (Wildman–Crippen MR) is 60.5 cm³/mol. The molecule has 0 saturated heterocycles. The molecule has 15 heavy (non-hydrogen) atoms. The fourth-order valence-electron chi connectivity index (χ4n) is 1.17. The number of carbonyl (C=O) groups excluding carboxylic acids is 1. The Morgan fingerprint density at radius 1 is 1.33 bits per heavy atom. The Kier molecular flexibility index (Phi) is 4.81. The van der Waals surface area contributed by atoms with Gasteiger partial charge in [-0.1, -0.05) is 42.1 Å². The Bertz CT molecular complexity index is 313. The lowest BCUT2D eigenvalue weighted by Gasteiger charge is -2.16. The van der Waals surface area contributed by atoms with E-state index in [0.29, 0.717) is 5.56 Å². The van der Waals surface area contributed by atoms with Gasteiger partial charge in [0, 0.05) is 12.7 Å². The first-order valence-electron chi connectivity index (χ1n) is 4.65. The molecule has 0 amide bonds. The smallest absolute Gasteiger partial charge is 0.185 e. The van der Waals surface area contributed by atoms with Crippen LogP contribution < -0.4 is 0 Å². The van der Waals surface area contributed by atoms with Crippen LogP contribution in [0.2, 0.25) is 0 Å². The highest BCUT2D eigenvalue weighted by molar-refractivity contribution is 8.13. The minimum atomic E-state index is -0.932. The van der Waals surface area contributed by atoms with Crippen molar-refractivity contribution in [3.63, 3.8) is 0 Å². The standard InChI is InChI=1S/C11H14O3S/c1-8(12)15-7-10(13)11(14)9-5-3-2-4-6-9/h2-6,10-11,13-14H,7H2,1H3. The van der Waals surface area contributed by atoms with E-state index >= 15 is 0 Å².